The molecule has 0 aliphatic rings. The Balaban J connectivity index is 2.30. The Bertz CT molecular complexity index is 686. The monoisotopic (exact) mass is 325 g/mol. The lowest BCUT2D eigenvalue weighted by atomic mass is 9.93. The number of nitrogens with one attached hydrogen (secondary N) is 1. The topological polar surface area (TPSA) is 29.1 Å². The highest BCUT2D eigenvalue weighted by molar-refractivity contribution is 6.35. The van der Waals surface area contributed by atoms with Gasteiger partial charge < -0.3 is 5.32 Å². The normalized spacial score (nSPS) is 11.3. The van der Waals surface area contributed by atoms with E-state index in [1.807, 2.05) is 0 Å². The van der Waals surface area contributed by atoms with Gasteiger partial charge in [0.2, 0.25) is 0 Å². The van der Waals surface area contributed by atoms with Crippen molar-refractivity contribution in [3.8, 4) is 0 Å². The van der Waals surface area contributed by atoms with Gasteiger partial charge in [0.05, 0.1) is 16.1 Å². The molecule has 1 N–H and O–H groups in total. The van der Waals surface area contributed by atoms with Crippen LogP contribution in [0.15, 0.2) is 42.5 Å². The number of amides is 1. The molecule has 2 nitrogen and oxygen atoms in total. The van der Waals surface area contributed by atoms with Gasteiger partial charge in [-0.05, 0) is 38.1 Å². The second-order valence-electron chi connectivity index (χ2n) is 5.18. The maximum Gasteiger partial charge on any atom is 0.253 e. The van der Waals surface area contributed by atoms with Crippen LogP contribution in [0.5, 0.6) is 0 Å². The summed E-state index contributed by atoms with van der Waals surface area (Å²) in [5.74, 6) is -0.782. The zero-order valence-electron chi connectivity index (χ0n) is 11.6. The molecule has 0 saturated carbocycles. The molecule has 0 unspecified atom stereocenters. The van der Waals surface area contributed by atoms with E-state index in [-0.39, 0.29) is 11.4 Å². The van der Waals surface area contributed by atoms with Crippen LogP contribution < -0.4 is 5.32 Å². The first-order valence-electron chi connectivity index (χ1n) is 6.34. The number of benzene rings is 2. The van der Waals surface area contributed by atoms with Gasteiger partial charge in [0.25, 0.3) is 5.91 Å². The predicted molar refractivity (Wildman–Crippen MR) is 83.4 cm³/mol. The summed E-state index contributed by atoms with van der Waals surface area (Å²) in [4.78, 5) is 12.3. The zero-order valence-corrected chi connectivity index (χ0v) is 13.1. The number of rotatable bonds is 3. The van der Waals surface area contributed by atoms with Crippen molar-refractivity contribution in [2.24, 2.45) is 0 Å². The number of carbonyl (C=O) groups is 1. The molecule has 0 radical (unpaired) electrons. The van der Waals surface area contributed by atoms with Crippen molar-refractivity contribution in [1.29, 1.82) is 0 Å². The van der Waals surface area contributed by atoms with E-state index in [1.54, 1.807) is 44.2 Å². The van der Waals surface area contributed by atoms with E-state index in [4.69, 9.17) is 23.2 Å². The second-order valence-corrected chi connectivity index (χ2v) is 6.03. The van der Waals surface area contributed by atoms with Gasteiger partial charge in [-0.3, -0.25) is 4.79 Å². The molecule has 21 heavy (non-hydrogen) atoms. The smallest absolute Gasteiger partial charge is 0.253 e. The van der Waals surface area contributed by atoms with Crippen molar-refractivity contribution < 1.29 is 9.18 Å². The van der Waals surface area contributed by atoms with Gasteiger partial charge in [-0.1, -0.05) is 41.4 Å². The largest absolute Gasteiger partial charge is 0.343 e. The van der Waals surface area contributed by atoms with Gasteiger partial charge in [0.15, 0.2) is 0 Å². The predicted octanol–water partition coefficient (Wildman–Crippen LogP) is 4.80. The van der Waals surface area contributed by atoms with Crippen LogP contribution in [0.1, 0.15) is 29.8 Å². The highest BCUT2D eigenvalue weighted by Gasteiger charge is 2.27. The minimum Gasteiger partial charge on any atom is -0.343 e. The number of hydrogen-bond donors (Lipinski definition) is 1. The van der Waals surface area contributed by atoms with E-state index >= 15 is 0 Å². The van der Waals surface area contributed by atoms with Gasteiger partial charge in [-0.15, -0.1) is 0 Å². The molecule has 5 heteroatoms. The molecular formula is C16H14Cl2FNO. The van der Waals surface area contributed by atoms with Crippen LogP contribution >= 0.6 is 23.2 Å². The Morgan fingerprint density at radius 1 is 1.14 bits per heavy atom. The first-order chi connectivity index (χ1) is 9.81. The van der Waals surface area contributed by atoms with Crippen molar-refractivity contribution in [1.82, 2.24) is 5.32 Å². The molecule has 0 spiro atoms. The van der Waals surface area contributed by atoms with Crippen molar-refractivity contribution in [2.45, 2.75) is 19.4 Å². The lowest BCUT2D eigenvalue weighted by molar-refractivity contribution is 0.0911. The highest BCUT2D eigenvalue weighted by Crippen LogP contribution is 2.25. The second kappa shape index (κ2) is 6.04. The minimum atomic E-state index is -0.881. The summed E-state index contributed by atoms with van der Waals surface area (Å²) in [5.41, 5.74) is -0.223. The Morgan fingerprint density at radius 2 is 1.81 bits per heavy atom. The van der Waals surface area contributed by atoms with Gasteiger partial charge >= 0.3 is 0 Å². The van der Waals surface area contributed by atoms with E-state index in [0.717, 1.165) is 0 Å². The van der Waals surface area contributed by atoms with Gasteiger partial charge in [-0.2, -0.15) is 0 Å². The maximum atomic E-state index is 13.9. The summed E-state index contributed by atoms with van der Waals surface area (Å²) in [6, 6.07) is 10.9. The Morgan fingerprint density at radius 3 is 2.48 bits per heavy atom. The van der Waals surface area contributed by atoms with E-state index in [0.29, 0.717) is 15.6 Å². The molecule has 0 atom stereocenters. The fraction of sp³-hybridized carbons (Fsp3) is 0.188. The molecule has 1 amide bonds. The van der Waals surface area contributed by atoms with Crippen LogP contribution in [0.2, 0.25) is 10.0 Å². The third-order valence-electron chi connectivity index (χ3n) is 3.15. The standard InChI is InChI=1S/C16H14Cl2FNO/c1-16(2,12-5-3-4-6-14(12)19)20-15(21)11-9-10(17)7-8-13(11)18/h3-9H,1-2H3,(H,20,21). The van der Waals surface area contributed by atoms with E-state index < -0.39 is 11.4 Å². The van der Waals surface area contributed by atoms with Crippen molar-refractivity contribution >= 4 is 29.1 Å². The lowest BCUT2D eigenvalue weighted by Gasteiger charge is -2.27. The summed E-state index contributed by atoms with van der Waals surface area (Å²) in [5, 5.41) is 3.48. The van der Waals surface area contributed by atoms with E-state index in [2.05, 4.69) is 5.32 Å². The molecule has 0 aliphatic carbocycles. The molecule has 0 saturated heterocycles. The molecule has 2 aromatic rings. The average Bonchev–Trinajstić information content (AvgIpc) is 2.41. The van der Waals surface area contributed by atoms with Crippen LogP contribution in [-0.4, -0.2) is 5.91 Å². The SMILES string of the molecule is CC(C)(NC(=O)c1cc(Cl)ccc1Cl)c1ccccc1F. The number of halogens is 3. The van der Waals surface area contributed by atoms with Gasteiger partial charge in [0, 0.05) is 10.6 Å². The van der Waals surface area contributed by atoms with Crippen LogP contribution in [-0.2, 0) is 5.54 Å². The average molecular weight is 326 g/mol. The Hall–Kier alpha value is -1.58. The molecule has 0 heterocycles. The van der Waals surface area contributed by atoms with Crippen LogP contribution in [0.4, 0.5) is 4.39 Å². The summed E-state index contributed by atoms with van der Waals surface area (Å²) in [6.07, 6.45) is 0. The molecule has 2 rings (SSSR count). The number of hydrogen-bond acceptors (Lipinski definition) is 1. The fourth-order valence-corrected chi connectivity index (χ4v) is 2.43. The third kappa shape index (κ3) is 3.55. The first-order valence-corrected chi connectivity index (χ1v) is 7.09. The zero-order chi connectivity index (χ0) is 15.6. The Labute approximate surface area is 132 Å². The molecule has 0 aliphatic heterocycles. The molecule has 0 bridgehead atoms. The molecular weight excluding hydrogens is 312 g/mol. The molecule has 110 valence electrons. The van der Waals surface area contributed by atoms with E-state index in [9.17, 15) is 9.18 Å². The first kappa shape index (κ1) is 15.8. The minimum absolute atomic E-state index is 0.258. The molecule has 0 fully saturated rings. The fourth-order valence-electron chi connectivity index (χ4n) is 2.06. The van der Waals surface area contributed by atoms with Crippen molar-refractivity contribution in [3.05, 3.63) is 69.5 Å². The van der Waals surface area contributed by atoms with Gasteiger partial charge in [-0.25, -0.2) is 4.39 Å². The van der Waals surface area contributed by atoms with Crippen LogP contribution in [0, 0.1) is 5.82 Å². The van der Waals surface area contributed by atoms with Crippen molar-refractivity contribution in [2.75, 3.05) is 0 Å². The summed E-state index contributed by atoms with van der Waals surface area (Å²) < 4.78 is 13.9. The Kier molecular flexibility index (Phi) is 4.55. The third-order valence-corrected chi connectivity index (χ3v) is 3.71. The lowest BCUT2D eigenvalue weighted by Crippen LogP contribution is -2.41. The van der Waals surface area contributed by atoms with E-state index in [1.165, 1.54) is 12.1 Å². The summed E-state index contributed by atoms with van der Waals surface area (Å²) in [7, 11) is 0. The number of carbonyl (C=O) groups excluding carboxylic acids is 1. The van der Waals surface area contributed by atoms with Crippen LogP contribution in [0.3, 0.4) is 0 Å². The van der Waals surface area contributed by atoms with Crippen LogP contribution in [0.25, 0.3) is 0 Å². The quantitative estimate of drug-likeness (QED) is 0.863. The maximum absolute atomic E-state index is 13.9. The van der Waals surface area contributed by atoms with Gasteiger partial charge in [0.1, 0.15) is 5.82 Å². The summed E-state index contributed by atoms with van der Waals surface area (Å²) in [6.45, 7) is 3.45. The van der Waals surface area contributed by atoms with Crippen molar-refractivity contribution in [3.63, 3.8) is 0 Å². The molecule has 2 aromatic carbocycles. The summed E-state index contributed by atoms with van der Waals surface area (Å²) >= 11 is 11.9. The highest BCUT2D eigenvalue weighted by atomic mass is 35.5. The molecule has 0 aromatic heterocycles.